The van der Waals surface area contributed by atoms with Gasteiger partial charge in [0.15, 0.2) is 0 Å². The minimum Gasteiger partial charge on any atom is -0.360 e. The first-order valence-electron chi connectivity index (χ1n) is 10.1. The molecule has 1 aliphatic rings. The van der Waals surface area contributed by atoms with Crippen molar-refractivity contribution in [3.63, 3.8) is 0 Å². The first kappa shape index (κ1) is 26.2. The van der Waals surface area contributed by atoms with E-state index in [1.54, 1.807) is 18.2 Å². The molecule has 1 aromatic carbocycles. The van der Waals surface area contributed by atoms with Crippen molar-refractivity contribution in [1.82, 2.24) is 15.2 Å². The van der Waals surface area contributed by atoms with E-state index < -0.39 is 28.4 Å². The van der Waals surface area contributed by atoms with Crippen LogP contribution in [0.25, 0.3) is 5.57 Å². The fourth-order valence-electron chi connectivity index (χ4n) is 3.60. The van der Waals surface area contributed by atoms with E-state index in [9.17, 15) is 13.2 Å². The first-order chi connectivity index (χ1) is 16.5. The third-order valence-corrected chi connectivity index (χ3v) is 9.44. The molecule has 1 aliphatic carbocycles. The van der Waals surface area contributed by atoms with E-state index in [0.29, 0.717) is 69.7 Å². The Morgan fingerprint density at radius 1 is 1.14 bits per heavy atom. The molecule has 0 spiro atoms. The topological polar surface area (TPSA) is 101 Å². The fourth-order valence-corrected chi connectivity index (χ4v) is 6.88. The largest absolute Gasteiger partial charge is 0.360 e. The zero-order valence-electron chi connectivity index (χ0n) is 17.6. The van der Waals surface area contributed by atoms with Crippen LogP contribution in [0.2, 0.25) is 19.4 Å². The van der Waals surface area contributed by atoms with Crippen molar-refractivity contribution in [2.75, 3.05) is 6.54 Å². The number of benzene rings is 1. The molecule has 0 saturated carbocycles. The van der Waals surface area contributed by atoms with Gasteiger partial charge in [-0.05, 0) is 42.2 Å². The van der Waals surface area contributed by atoms with E-state index in [1.165, 1.54) is 0 Å². The van der Waals surface area contributed by atoms with Crippen molar-refractivity contribution in [1.29, 1.82) is 0 Å². The predicted molar refractivity (Wildman–Crippen MR) is 135 cm³/mol. The molecule has 0 radical (unpaired) electrons. The maximum absolute atomic E-state index is 15.2. The molecule has 186 valence electrons. The number of carbonyl (C=O) groups excluding carboxylic acids is 1. The smallest absolute Gasteiger partial charge is 0.329 e. The van der Waals surface area contributed by atoms with Crippen LogP contribution in [-0.4, -0.2) is 26.2 Å². The van der Waals surface area contributed by atoms with Gasteiger partial charge in [-0.3, -0.25) is 0 Å². The maximum Gasteiger partial charge on any atom is 0.329 e. The molecule has 2 aromatic heterocycles. The van der Waals surface area contributed by atoms with Gasteiger partial charge in [0.2, 0.25) is 0 Å². The van der Waals surface area contributed by atoms with Gasteiger partial charge in [0.05, 0.1) is 17.3 Å². The zero-order chi connectivity index (χ0) is 25.3. The summed E-state index contributed by atoms with van der Waals surface area (Å²) in [6.45, 7) is -0.533. The van der Waals surface area contributed by atoms with Crippen LogP contribution >= 0.6 is 57.7 Å². The number of amides is 2. The molecular formula is C21H16Cl4FN3O4S2. The van der Waals surface area contributed by atoms with Crippen LogP contribution in [0.5, 0.6) is 0 Å². The lowest BCUT2D eigenvalue weighted by Gasteiger charge is -2.16. The molecule has 4 rings (SSSR count). The number of carbonyl (C=O) groups is 1. The number of rotatable bonds is 6. The van der Waals surface area contributed by atoms with Gasteiger partial charge in [0.1, 0.15) is 20.1 Å². The lowest BCUT2D eigenvalue weighted by atomic mass is 9.89. The van der Waals surface area contributed by atoms with Crippen LogP contribution in [0, 0.1) is 0 Å². The normalized spacial score (nSPS) is 15.0. The van der Waals surface area contributed by atoms with Crippen LogP contribution in [-0.2, 0) is 22.9 Å². The molecule has 2 N–H and O–H groups in total. The Morgan fingerprint density at radius 3 is 2.60 bits per heavy atom. The van der Waals surface area contributed by atoms with E-state index in [-0.39, 0.29) is 13.6 Å². The van der Waals surface area contributed by atoms with Gasteiger partial charge >= 0.3 is 6.03 Å². The minimum atomic E-state index is -4.22. The Hall–Kier alpha value is -1.82. The number of halogens is 5. The summed E-state index contributed by atoms with van der Waals surface area (Å²) in [6, 6.07) is 5.08. The highest BCUT2D eigenvalue weighted by Gasteiger charge is 2.27. The van der Waals surface area contributed by atoms with Gasteiger partial charge in [-0.1, -0.05) is 57.6 Å². The van der Waals surface area contributed by atoms with Crippen molar-refractivity contribution in [3.8, 4) is 0 Å². The number of thiophene rings is 1. The van der Waals surface area contributed by atoms with E-state index in [0.717, 1.165) is 11.6 Å². The monoisotopic (exact) mass is 597 g/mol. The second-order valence-electron chi connectivity index (χ2n) is 7.55. The van der Waals surface area contributed by atoms with Crippen LogP contribution in [0.3, 0.4) is 0 Å². The fraction of sp³-hybridized carbons (Fsp3) is 0.238. The van der Waals surface area contributed by atoms with E-state index in [4.69, 9.17) is 50.9 Å². The number of aryl methyl sites for hydroxylation is 1. The molecule has 7 nitrogen and oxygen atoms in total. The molecule has 0 aliphatic heterocycles. The van der Waals surface area contributed by atoms with Crippen LogP contribution in [0.1, 0.15) is 35.4 Å². The molecule has 0 bridgehead atoms. The molecule has 0 fully saturated rings. The van der Waals surface area contributed by atoms with Crippen molar-refractivity contribution in [3.05, 3.63) is 72.1 Å². The number of aromatic nitrogens is 1. The minimum absolute atomic E-state index is 0.0470. The van der Waals surface area contributed by atoms with E-state index in [2.05, 4.69) is 10.5 Å². The molecule has 2 heterocycles. The van der Waals surface area contributed by atoms with E-state index in [1.807, 2.05) is 4.72 Å². The second-order valence-corrected chi connectivity index (χ2v) is 12.4. The number of hydrogen-bond acceptors (Lipinski definition) is 6. The Labute approximate surface area is 224 Å². The molecule has 2 amide bonds. The number of fused-ring (bicyclic) bond motifs is 1. The quantitative estimate of drug-likeness (QED) is 0.331. The van der Waals surface area contributed by atoms with Gasteiger partial charge in [-0.25, -0.2) is 22.3 Å². The van der Waals surface area contributed by atoms with Gasteiger partial charge < -0.3 is 9.84 Å². The standard InChI is InChI=1S/C21H16Cl4FN3O4S2/c22-11-5-4-10(13(23)7-11)6-16-19-12(2-1-3-17(19)33-28-16)15(26)9-27-21(30)29-35(31,32)18-8-14(24)20(25)34-18/h4-5,7-8H,1-3,6,9H2,(H2,27,29,30). The summed E-state index contributed by atoms with van der Waals surface area (Å²) < 4.78 is 46.9. The summed E-state index contributed by atoms with van der Waals surface area (Å²) in [5.41, 5.74) is 2.13. The van der Waals surface area contributed by atoms with Gasteiger partial charge in [-0.2, -0.15) is 0 Å². The number of hydrogen-bond donors (Lipinski definition) is 2. The van der Waals surface area contributed by atoms with Crippen LogP contribution in [0.4, 0.5) is 9.18 Å². The summed E-state index contributed by atoms with van der Waals surface area (Å²) in [7, 11) is -4.22. The summed E-state index contributed by atoms with van der Waals surface area (Å²) in [5, 5.41) is 7.32. The summed E-state index contributed by atoms with van der Waals surface area (Å²) >= 11 is 24.5. The number of nitrogens with zero attached hydrogens (tertiary/aromatic N) is 1. The predicted octanol–water partition coefficient (Wildman–Crippen LogP) is 6.65. The first-order valence-corrected chi connectivity index (χ1v) is 13.9. The third-order valence-electron chi connectivity index (χ3n) is 5.18. The van der Waals surface area contributed by atoms with Crippen molar-refractivity contribution in [2.45, 2.75) is 29.9 Å². The highest BCUT2D eigenvalue weighted by molar-refractivity contribution is 7.92. The van der Waals surface area contributed by atoms with Crippen molar-refractivity contribution >= 4 is 79.4 Å². The number of urea groups is 1. The van der Waals surface area contributed by atoms with Crippen molar-refractivity contribution in [2.24, 2.45) is 0 Å². The molecule has 3 aromatic rings. The Morgan fingerprint density at radius 2 is 1.91 bits per heavy atom. The Kier molecular flexibility index (Phi) is 7.99. The molecule has 0 atom stereocenters. The highest BCUT2D eigenvalue weighted by Crippen LogP contribution is 2.37. The van der Waals surface area contributed by atoms with Crippen molar-refractivity contribution < 1.29 is 22.1 Å². The van der Waals surface area contributed by atoms with E-state index >= 15 is 4.39 Å². The molecule has 14 heteroatoms. The number of nitrogens with one attached hydrogen (secondary N) is 2. The lowest BCUT2D eigenvalue weighted by Crippen LogP contribution is -2.39. The SMILES string of the molecule is O=C(NCC(F)=C1CCCc2onc(Cc3ccc(Cl)cc3Cl)c21)NS(=O)(=O)c1cc(Cl)c(Cl)s1. The Bertz CT molecular complexity index is 1420. The number of sulfonamides is 1. The summed E-state index contributed by atoms with van der Waals surface area (Å²) in [6.07, 6.45) is 1.91. The van der Waals surface area contributed by atoms with Crippen LogP contribution in [0.15, 0.2) is 38.8 Å². The maximum atomic E-state index is 15.2. The molecule has 0 saturated heterocycles. The molecule has 0 unspecified atom stereocenters. The summed E-state index contributed by atoms with van der Waals surface area (Å²) in [5.74, 6) is -0.0904. The average molecular weight is 599 g/mol. The van der Waals surface area contributed by atoms with Gasteiger partial charge in [-0.15, -0.1) is 11.3 Å². The molecular weight excluding hydrogens is 583 g/mol. The summed E-state index contributed by atoms with van der Waals surface area (Å²) in [4.78, 5) is 12.2. The highest BCUT2D eigenvalue weighted by atomic mass is 35.5. The number of allylic oxidation sites excluding steroid dienone is 1. The van der Waals surface area contributed by atoms with Gasteiger partial charge in [0, 0.05) is 28.5 Å². The lowest BCUT2D eigenvalue weighted by molar-refractivity contribution is 0.246. The Balaban J connectivity index is 1.50. The second kappa shape index (κ2) is 10.7. The third kappa shape index (κ3) is 5.95. The average Bonchev–Trinajstić information content (AvgIpc) is 3.37. The zero-order valence-corrected chi connectivity index (χ0v) is 22.3. The molecule has 35 heavy (non-hydrogen) atoms. The van der Waals surface area contributed by atoms with Crippen LogP contribution < -0.4 is 10.0 Å². The van der Waals surface area contributed by atoms with Gasteiger partial charge in [0.25, 0.3) is 10.0 Å².